The molecule has 0 spiro atoms. The number of benzene rings is 3. The lowest BCUT2D eigenvalue weighted by Gasteiger charge is -2.10. The summed E-state index contributed by atoms with van der Waals surface area (Å²) >= 11 is 0. The molecule has 5 heterocycles. The Kier molecular flexibility index (Phi) is 57.5. The summed E-state index contributed by atoms with van der Waals surface area (Å²) in [6.07, 6.45) is 13.9. The molecule has 5 heteroatoms. The van der Waals surface area contributed by atoms with Gasteiger partial charge in [0.2, 0.25) is 0 Å². The van der Waals surface area contributed by atoms with Gasteiger partial charge in [-0.25, -0.2) is 4.57 Å². The fourth-order valence-corrected chi connectivity index (χ4v) is 5.82. The molecular formula is C65H112N5+. The van der Waals surface area contributed by atoms with E-state index in [2.05, 4.69) is 209 Å². The monoisotopic (exact) mass is 963 g/mol. The second kappa shape index (κ2) is 52.9. The van der Waals surface area contributed by atoms with Crippen LogP contribution in [0.4, 0.5) is 0 Å². The number of hydrogen-bond acceptors (Lipinski definition) is 1. The Balaban J connectivity index is -0.000000172. The van der Waals surface area contributed by atoms with E-state index in [0.29, 0.717) is 24.2 Å². The van der Waals surface area contributed by atoms with E-state index in [4.69, 9.17) is 0 Å². The van der Waals surface area contributed by atoms with Gasteiger partial charge in [-0.3, -0.25) is 4.98 Å². The first-order valence-electron chi connectivity index (χ1n) is 26.9. The maximum absolute atomic E-state index is 3.78. The van der Waals surface area contributed by atoms with Gasteiger partial charge in [0, 0.05) is 88.6 Å². The molecule has 0 aliphatic heterocycles. The zero-order valence-corrected chi connectivity index (χ0v) is 49.3. The predicted molar refractivity (Wildman–Crippen MR) is 325 cm³/mol. The molecule has 8 rings (SSSR count). The predicted octanol–water partition coefficient (Wildman–Crippen LogP) is 21.8. The number of nitrogens with zero attached hydrogens (tertiary/aromatic N) is 5. The second-order valence-electron chi connectivity index (χ2n) is 15.3. The standard InChI is InChI=1S/C15H15N.C11H13N.C8H12N.C7H11N.C5H5N.C4H10.7C2H6.CH4/c1-11(2)16-14-9-5-3-7-12(14)13-8-4-6-10-15(13)16;1-9(2)12-8-7-10-5-3-4-6-11(10)12;1-8(2)9-6-4-3-5-7-9;1-7(2)8-5-3-4-6-8;1-2-4-6-5-3-1;1-4(2)3;7*1-2;/h3-11H,1-2H3;3-9H,1-2H3;3-8H,1-2H3;3-7H,1-2H3;1-5H;4H,1-3H3;7*1-2H3;1H4/q;;+1;;;;;;;;;;;. The van der Waals surface area contributed by atoms with E-state index in [1.54, 1.807) is 12.4 Å². The minimum absolute atomic E-state index is 0. The van der Waals surface area contributed by atoms with Crippen molar-refractivity contribution in [2.45, 2.75) is 205 Å². The Bertz CT molecular complexity index is 2070. The molecule has 0 fully saturated rings. The van der Waals surface area contributed by atoms with Crippen molar-refractivity contribution in [1.82, 2.24) is 18.7 Å². The van der Waals surface area contributed by atoms with Gasteiger partial charge in [0.05, 0.1) is 0 Å². The highest BCUT2D eigenvalue weighted by Gasteiger charge is 2.11. The average molecular weight is 964 g/mol. The van der Waals surface area contributed by atoms with Gasteiger partial charge in [-0.15, -0.1) is 0 Å². The molecular weight excluding hydrogens is 851 g/mol. The van der Waals surface area contributed by atoms with Crippen molar-refractivity contribution >= 4 is 32.7 Å². The van der Waals surface area contributed by atoms with Gasteiger partial charge >= 0.3 is 0 Å². The maximum Gasteiger partial charge on any atom is 0.169 e. The number of hydrogen-bond donors (Lipinski definition) is 0. The molecule has 5 nitrogen and oxygen atoms in total. The number of fused-ring (bicyclic) bond motifs is 4. The van der Waals surface area contributed by atoms with Crippen LogP contribution in [0.2, 0.25) is 0 Å². The van der Waals surface area contributed by atoms with Crippen molar-refractivity contribution in [3.63, 3.8) is 0 Å². The summed E-state index contributed by atoms with van der Waals surface area (Å²) in [7, 11) is 0. The summed E-state index contributed by atoms with van der Waals surface area (Å²) in [5.41, 5.74) is 3.99. The number of aromatic nitrogens is 5. The lowest BCUT2D eigenvalue weighted by atomic mass is 10.2. The summed E-state index contributed by atoms with van der Waals surface area (Å²) in [5, 5.41) is 4.03. The van der Waals surface area contributed by atoms with Crippen LogP contribution in [0.25, 0.3) is 32.7 Å². The summed E-state index contributed by atoms with van der Waals surface area (Å²) in [6.45, 7) is 52.0. The van der Waals surface area contributed by atoms with Gasteiger partial charge in [0.1, 0.15) is 0 Å². The van der Waals surface area contributed by atoms with Crippen LogP contribution in [0.5, 0.6) is 0 Å². The van der Waals surface area contributed by atoms with Crippen LogP contribution in [0, 0.1) is 5.92 Å². The third kappa shape index (κ3) is 32.4. The van der Waals surface area contributed by atoms with Gasteiger partial charge < -0.3 is 13.7 Å². The summed E-state index contributed by atoms with van der Waals surface area (Å²) < 4.78 is 9.03. The molecule has 0 saturated carbocycles. The molecule has 3 aromatic carbocycles. The normalized spacial score (nSPS) is 8.89. The zero-order chi connectivity index (χ0) is 54.2. The third-order valence-corrected chi connectivity index (χ3v) is 8.44. The summed E-state index contributed by atoms with van der Waals surface area (Å²) in [6, 6.07) is 46.0. The topological polar surface area (TPSA) is 31.6 Å². The first-order chi connectivity index (χ1) is 33.4. The molecule has 0 saturated heterocycles. The first kappa shape index (κ1) is 76.1. The fourth-order valence-electron chi connectivity index (χ4n) is 5.82. The molecule has 396 valence electrons. The molecule has 0 aliphatic carbocycles. The number of para-hydroxylation sites is 3. The van der Waals surface area contributed by atoms with E-state index in [1.165, 1.54) is 32.7 Å². The molecule has 8 aromatic rings. The van der Waals surface area contributed by atoms with Crippen LogP contribution in [-0.4, -0.2) is 18.7 Å². The molecule has 0 atom stereocenters. The van der Waals surface area contributed by atoms with Crippen LogP contribution < -0.4 is 4.57 Å². The highest BCUT2D eigenvalue weighted by molar-refractivity contribution is 6.08. The SMILES string of the molecule is C.CC.CC.CC.CC.CC.CC.CC.CC(C)C.CC(C)[n+]1ccccc1.CC(C)n1c2ccccc2c2ccccc21.CC(C)n1ccc2ccccc21.CC(C)n1cccc1.c1ccncc1. The summed E-state index contributed by atoms with van der Waals surface area (Å²) in [4.78, 5) is 3.78. The maximum atomic E-state index is 3.78. The van der Waals surface area contributed by atoms with E-state index in [1.807, 2.05) is 145 Å². The molecule has 0 unspecified atom stereocenters. The molecule has 0 radical (unpaired) electrons. The van der Waals surface area contributed by atoms with Crippen molar-refractivity contribution in [2.75, 3.05) is 0 Å². The molecule has 70 heavy (non-hydrogen) atoms. The van der Waals surface area contributed by atoms with Gasteiger partial charge in [0.15, 0.2) is 18.4 Å². The van der Waals surface area contributed by atoms with Crippen molar-refractivity contribution in [2.24, 2.45) is 5.92 Å². The van der Waals surface area contributed by atoms with Gasteiger partial charge in [0.25, 0.3) is 0 Å². The van der Waals surface area contributed by atoms with Crippen LogP contribution in [0.1, 0.15) is 205 Å². The number of rotatable bonds is 4. The highest BCUT2D eigenvalue weighted by atomic mass is 15.0. The van der Waals surface area contributed by atoms with Crippen molar-refractivity contribution in [1.29, 1.82) is 0 Å². The van der Waals surface area contributed by atoms with Gasteiger partial charge in [-0.1, -0.05) is 192 Å². The highest BCUT2D eigenvalue weighted by Crippen LogP contribution is 2.31. The first-order valence-corrected chi connectivity index (χ1v) is 26.9. The third-order valence-electron chi connectivity index (χ3n) is 8.44. The van der Waals surface area contributed by atoms with Crippen LogP contribution in [-0.2, 0) is 0 Å². The lowest BCUT2D eigenvalue weighted by Crippen LogP contribution is -2.34. The minimum atomic E-state index is 0. The van der Waals surface area contributed by atoms with Crippen molar-refractivity contribution < 1.29 is 4.57 Å². The van der Waals surface area contributed by atoms with Gasteiger partial charge in [-0.05, 0) is 115 Å². The van der Waals surface area contributed by atoms with Crippen molar-refractivity contribution in [3.8, 4) is 0 Å². The molecule has 5 aromatic heterocycles. The Morgan fingerprint density at radius 3 is 1.04 bits per heavy atom. The Morgan fingerprint density at radius 1 is 0.371 bits per heavy atom. The zero-order valence-electron chi connectivity index (χ0n) is 49.3. The van der Waals surface area contributed by atoms with E-state index in [0.717, 1.165) is 5.92 Å². The van der Waals surface area contributed by atoms with Crippen LogP contribution in [0.15, 0.2) is 171 Å². The van der Waals surface area contributed by atoms with Crippen LogP contribution >= 0.6 is 0 Å². The lowest BCUT2D eigenvalue weighted by molar-refractivity contribution is -0.716. The van der Waals surface area contributed by atoms with E-state index < -0.39 is 0 Å². The fraction of sp³-hybridized carbons (Fsp3) is 0.477. The molecule has 0 N–H and O–H groups in total. The van der Waals surface area contributed by atoms with E-state index in [9.17, 15) is 0 Å². The average Bonchev–Trinajstić information content (AvgIpc) is 4.19. The van der Waals surface area contributed by atoms with Crippen LogP contribution in [0.3, 0.4) is 0 Å². The summed E-state index contributed by atoms with van der Waals surface area (Å²) in [5.74, 6) is 0.833. The molecule has 0 aliphatic rings. The molecule has 0 bridgehead atoms. The van der Waals surface area contributed by atoms with E-state index >= 15 is 0 Å². The van der Waals surface area contributed by atoms with E-state index in [-0.39, 0.29) is 7.43 Å². The Labute approximate surface area is 435 Å². The minimum Gasteiger partial charge on any atom is -0.352 e. The Morgan fingerprint density at radius 2 is 0.743 bits per heavy atom. The quantitative estimate of drug-likeness (QED) is 0.162. The Hall–Kier alpha value is -5.42. The largest absolute Gasteiger partial charge is 0.352 e. The van der Waals surface area contributed by atoms with Gasteiger partial charge in [-0.2, -0.15) is 0 Å². The second-order valence-corrected chi connectivity index (χ2v) is 15.3. The van der Waals surface area contributed by atoms with Crippen molar-refractivity contribution in [3.05, 3.63) is 171 Å². The molecule has 0 amide bonds. The smallest absolute Gasteiger partial charge is 0.169 e. The number of pyridine rings is 2.